The predicted octanol–water partition coefficient (Wildman–Crippen LogP) is 6.95. The zero-order chi connectivity index (χ0) is 27.7. The summed E-state index contributed by atoms with van der Waals surface area (Å²) >= 11 is 12.3. The van der Waals surface area contributed by atoms with Gasteiger partial charge in [0.15, 0.2) is 8.03 Å². The molecule has 0 bridgehead atoms. The number of rotatable bonds is 11. The van der Waals surface area contributed by atoms with E-state index in [-0.39, 0.29) is 17.8 Å². The second kappa shape index (κ2) is 15.5. The molecule has 0 heterocycles. The zero-order valence-electron chi connectivity index (χ0n) is 22.0. The highest BCUT2D eigenvalue weighted by molar-refractivity contribution is 7.38. The molecule has 0 aliphatic heterocycles. The van der Waals surface area contributed by atoms with Gasteiger partial charge in [0.25, 0.3) is 0 Å². The van der Waals surface area contributed by atoms with Gasteiger partial charge in [-0.05, 0) is 75.0 Å². The molecule has 5 atom stereocenters. The highest BCUT2D eigenvalue weighted by atomic mass is 35.5. The maximum absolute atomic E-state index is 13.2. The number of hydrogen-bond donors (Lipinski definition) is 2. The van der Waals surface area contributed by atoms with Crippen LogP contribution in [-0.2, 0) is 18.8 Å². The van der Waals surface area contributed by atoms with E-state index in [0.717, 1.165) is 57.8 Å². The first-order valence-corrected chi connectivity index (χ1v) is 15.9. The molecule has 1 aromatic carbocycles. The Balaban J connectivity index is 1.63. The molecular weight excluding hydrogens is 552 g/mol. The normalized spacial score (nSPS) is 22.8. The van der Waals surface area contributed by atoms with E-state index in [1.165, 1.54) is 4.90 Å². The van der Waals surface area contributed by atoms with Gasteiger partial charge < -0.3 is 19.5 Å². The number of halogens is 2. The molecule has 214 valence electrons. The van der Waals surface area contributed by atoms with E-state index in [4.69, 9.17) is 32.7 Å². The summed E-state index contributed by atoms with van der Waals surface area (Å²) in [5.41, 5.74) is 0.667. The quantitative estimate of drug-likeness (QED) is 0.163. The van der Waals surface area contributed by atoms with E-state index in [9.17, 15) is 24.2 Å². The minimum atomic E-state index is -2.51. The molecule has 0 spiro atoms. The summed E-state index contributed by atoms with van der Waals surface area (Å²) in [5.74, 6) is -0.000566. The van der Waals surface area contributed by atoms with Gasteiger partial charge >= 0.3 is 12.1 Å². The van der Waals surface area contributed by atoms with Gasteiger partial charge in [0.1, 0.15) is 6.23 Å². The highest BCUT2D eigenvalue weighted by Crippen LogP contribution is 2.37. The molecular formula is C27H40Cl2NO7P. The minimum absolute atomic E-state index is 0.164. The Morgan fingerprint density at radius 1 is 1.05 bits per heavy atom. The van der Waals surface area contributed by atoms with Crippen LogP contribution in [0.3, 0.4) is 0 Å². The average Bonchev–Trinajstić information content (AvgIpc) is 2.89. The minimum Gasteiger partial charge on any atom is -0.428 e. The van der Waals surface area contributed by atoms with Crippen LogP contribution < -0.4 is 0 Å². The van der Waals surface area contributed by atoms with Gasteiger partial charge in [0.2, 0.25) is 6.79 Å². The number of carbonyl (C=O) groups is 2. The first-order chi connectivity index (χ1) is 18.2. The third kappa shape index (κ3) is 9.41. The molecule has 0 aromatic heterocycles. The van der Waals surface area contributed by atoms with Crippen LogP contribution in [0.2, 0.25) is 10.0 Å². The summed E-state index contributed by atoms with van der Waals surface area (Å²) in [5, 5.41) is 11.9. The average molecular weight is 592 g/mol. The third-order valence-electron chi connectivity index (χ3n) is 7.89. The fraction of sp³-hybridized carbons (Fsp3) is 0.704. The van der Waals surface area contributed by atoms with Crippen LogP contribution in [0, 0.1) is 17.8 Å². The van der Waals surface area contributed by atoms with E-state index < -0.39 is 33.2 Å². The van der Waals surface area contributed by atoms with Crippen molar-refractivity contribution in [2.24, 2.45) is 17.8 Å². The van der Waals surface area contributed by atoms with Crippen molar-refractivity contribution in [3.8, 4) is 0 Å². The number of esters is 1. The van der Waals surface area contributed by atoms with Crippen LogP contribution in [0.15, 0.2) is 18.2 Å². The van der Waals surface area contributed by atoms with Gasteiger partial charge in [-0.3, -0.25) is 14.3 Å². The number of carbonyl (C=O) groups excluding carboxylic acids is 2. The Kier molecular flexibility index (Phi) is 12.7. The van der Waals surface area contributed by atoms with E-state index in [0.29, 0.717) is 40.5 Å². The topological polar surface area (TPSA) is 113 Å². The molecule has 2 aliphatic rings. The van der Waals surface area contributed by atoms with Gasteiger partial charge in [-0.2, -0.15) is 0 Å². The van der Waals surface area contributed by atoms with E-state index >= 15 is 0 Å². The van der Waals surface area contributed by atoms with Crippen LogP contribution in [0.1, 0.15) is 89.2 Å². The van der Waals surface area contributed by atoms with Gasteiger partial charge in [-0.25, -0.2) is 4.79 Å². The molecule has 0 saturated heterocycles. The summed E-state index contributed by atoms with van der Waals surface area (Å²) in [4.78, 5) is 36.1. The summed E-state index contributed by atoms with van der Waals surface area (Å²) < 4.78 is 21.8. The van der Waals surface area contributed by atoms with Crippen LogP contribution in [0.5, 0.6) is 0 Å². The molecule has 4 unspecified atom stereocenters. The van der Waals surface area contributed by atoms with Crippen molar-refractivity contribution in [3.63, 3.8) is 0 Å². The Bertz CT molecular complexity index is 959. The zero-order valence-corrected chi connectivity index (χ0v) is 24.5. The Labute approximate surface area is 235 Å². The van der Waals surface area contributed by atoms with Crippen LogP contribution in [-0.4, -0.2) is 46.1 Å². The second-order valence-corrected chi connectivity index (χ2v) is 12.6. The molecule has 3 rings (SSSR count). The maximum Gasteiger partial charge on any atom is 0.415 e. The lowest BCUT2D eigenvalue weighted by atomic mass is 9.80. The van der Waals surface area contributed by atoms with E-state index in [1.807, 2.05) is 0 Å². The monoisotopic (exact) mass is 591 g/mol. The summed E-state index contributed by atoms with van der Waals surface area (Å²) in [7, 11) is -2.51. The van der Waals surface area contributed by atoms with Crippen molar-refractivity contribution < 1.29 is 33.6 Å². The molecule has 1 aromatic rings. The lowest BCUT2D eigenvalue weighted by Gasteiger charge is -2.34. The fourth-order valence-corrected chi connectivity index (χ4v) is 6.93. The molecule has 38 heavy (non-hydrogen) atoms. The number of benzene rings is 1. The lowest BCUT2D eigenvalue weighted by Crippen LogP contribution is -2.43. The van der Waals surface area contributed by atoms with Crippen molar-refractivity contribution in [3.05, 3.63) is 33.8 Å². The van der Waals surface area contributed by atoms with Crippen molar-refractivity contribution in [1.29, 1.82) is 0 Å². The van der Waals surface area contributed by atoms with Gasteiger partial charge in [0.05, 0.1) is 22.0 Å². The van der Waals surface area contributed by atoms with Gasteiger partial charge in [-0.1, -0.05) is 61.4 Å². The number of aliphatic hydroxyl groups excluding tert-OH is 1. The Morgan fingerprint density at radius 3 is 2.45 bits per heavy atom. The SMILES string of the molecule is C[C@@H](c1ccc(Cl)c(Cl)c1)N(C(=O)OCOC(=O)C1CCCCC1)C(O)CCC1CCCC(C[PH](=O)O)C1. The van der Waals surface area contributed by atoms with Gasteiger partial charge in [-0.15, -0.1) is 0 Å². The molecule has 2 fully saturated rings. The van der Waals surface area contributed by atoms with Crippen molar-refractivity contribution in [2.75, 3.05) is 13.0 Å². The molecule has 2 saturated carbocycles. The van der Waals surface area contributed by atoms with Crippen LogP contribution >= 0.6 is 31.2 Å². The molecule has 8 nitrogen and oxygen atoms in total. The van der Waals surface area contributed by atoms with E-state index in [2.05, 4.69) is 0 Å². The smallest absolute Gasteiger partial charge is 0.415 e. The van der Waals surface area contributed by atoms with Crippen molar-refractivity contribution >= 4 is 43.3 Å². The molecule has 0 radical (unpaired) electrons. The molecule has 2 aliphatic carbocycles. The molecule has 1 amide bonds. The lowest BCUT2D eigenvalue weighted by molar-refractivity contribution is -0.159. The number of amides is 1. The van der Waals surface area contributed by atoms with Crippen LogP contribution in [0.25, 0.3) is 0 Å². The summed E-state index contributed by atoms with van der Waals surface area (Å²) in [6.07, 6.45) is 7.78. The number of ether oxygens (including phenoxy) is 2. The summed E-state index contributed by atoms with van der Waals surface area (Å²) in [6.45, 7) is 1.24. The Hall–Kier alpha value is -1.31. The Morgan fingerprint density at radius 2 is 1.76 bits per heavy atom. The fourth-order valence-electron chi connectivity index (χ4n) is 5.76. The number of hydrogen-bond acceptors (Lipinski definition) is 6. The van der Waals surface area contributed by atoms with Crippen molar-refractivity contribution in [1.82, 2.24) is 4.90 Å². The number of aliphatic hydroxyl groups is 1. The first-order valence-electron chi connectivity index (χ1n) is 13.6. The summed E-state index contributed by atoms with van der Waals surface area (Å²) in [6, 6.07) is 4.41. The largest absolute Gasteiger partial charge is 0.428 e. The van der Waals surface area contributed by atoms with Crippen LogP contribution in [0.4, 0.5) is 4.79 Å². The predicted molar refractivity (Wildman–Crippen MR) is 148 cm³/mol. The van der Waals surface area contributed by atoms with E-state index in [1.54, 1.807) is 25.1 Å². The first kappa shape index (κ1) is 31.2. The third-order valence-corrected chi connectivity index (χ3v) is 9.55. The number of nitrogens with zero attached hydrogens (tertiary/aromatic N) is 1. The molecule has 2 N–H and O–H groups in total. The maximum atomic E-state index is 13.2. The van der Waals surface area contributed by atoms with Crippen molar-refractivity contribution in [2.45, 2.75) is 89.8 Å². The standard InChI is InChI=1S/C27H40Cl2NO7P/c1-18(22-11-12-23(28)24(29)15-22)30(27(33)37-17-36-26(32)21-8-3-2-4-9-21)25(31)13-10-19-6-5-7-20(14-19)16-38(34)35/h11-12,15,18-21,25,31,38H,2-10,13-14,16-17H2,1H3,(H,34,35)/t18-,19?,20?,25?/m0/s1. The van der Waals surface area contributed by atoms with Gasteiger partial charge in [0, 0.05) is 6.16 Å². The second-order valence-electron chi connectivity index (χ2n) is 10.6. The highest BCUT2D eigenvalue weighted by Gasteiger charge is 2.32. The molecule has 11 heteroatoms.